The fraction of sp³-hybridized carbons (Fsp3) is 0.136. The third-order valence-corrected chi connectivity index (χ3v) is 4.67. The Labute approximate surface area is 170 Å². The minimum Gasteiger partial charge on any atom is -1.00 e. The molecule has 0 aliphatic heterocycles. The molecule has 3 aromatic carbocycles. The number of hydrogen-bond acceptors (Lipinski definition) is 2. The number of fused-ring (bicyclic) bond motifs is 3. The molecule has 1 heterocycles. The zero-order valence-corrected chi connectivity index (χ0v) is 16.9. The number of nitrogens with two attached hydrogens (primary N) is 2. The number of hydrogen-bond donors (Lipinski definition) is 2. The van der Waals surface area contributed by atoms with Gasteiger partial charge in [0.05, 0.1) is 10.8 Å². The standard InChI is InChI=1S/C22H21N3.HI/c1-2-12-25-21-14-17(24)9-11-19(21)18-10-8-16(23)13-20(18)22(25)15-6-4-3-5-7-15;/h3-11,13-14,24H,2,12,23H2,1H3;1H. The van der Waals surface area contributed by atoms with E-state index in [0.717, 1.165) is 29.9 Å². The van der Waals surface area contributed by atoms with Crippen LogP contribution in [0.15, 0.2) is 66.7 Å². The summed E-state index contributed by atoms with van der Waals surface area (Å²) in [5, 5.41) is 3.59. The Morgan fingerprint density at radius 3 is 2.12 bits per heavy atom. The van der Waals surface area contributed by atoms with Crippen molar-refractivity contribution in [3.63, 3.8) is 0 Å². The van der Waals surface area contributed by atoms with E-state index in [1.54, 1.807) is 0 Å². The molecule has 0 radical (unpaired) electrons. The molecule has 0 aliphatic carbocycles. The van der Waals surface area contributed by atoms with Crippen LogP contribution in [0.1, 0.15) is 13.3 Å². The predicted molar refractivity (Wildman–Crippen MR) is 106 cm³/mol. The van der Waals surface area contributed by atoms with Crippen LogP contribution in [0.2, 0.25) is 0 Å². The van der Waals surface area contributed by atoms with Crippen LogP contribution >= 0.6 is 0 Å². The maximum Gasteiger partial charge on any atom is 0.220 e. The summed E-state index contributed by atoms with van der Waals surface area (Å²) in [6.07, 6.45) is 1.04. The second-order valence-corrected chi connectivity index (χ2v) is 6.45. The lowest BCUT2D eigenvalue weighted by molar-refractivity contribution is -0.659. The number of pyridine rings is 1. The minimum absolute atomic E-state index is 0. The van der Waals surface area contributed by atoms with Crippen molar-refractivity contribution >= 4 is 33.1 Å². The Balaban J connectivity index is 0.00000196. The van der Waals surface area contributed by atoms with E-state index in [-0.39, 0.29) is 24.0 Å². The van der Waals surface area contributed by atoms with Gasteiger partial charge < -0.3 is 35.4 Å². The number of nitrogen functional groups attached to an aromatic ring is 2. The SMILES string of the molecule is CCC[n+]1c(-c2ccccc2)c2cc(N)ccc2c2ccc(N)cc21.[I-]. The molecule has 0 spiro atoms. The summed E-state index contributed by atoms with van der Waals surface area (Å²) in [6.45, 7) is 3.12. The maximum absolute atomic E-state index is 6.13. The Morgan fingerprint density at radius 1 is 0.769 bits per heavy atom. The Hall–Kier alpha value is -2.34. The van der Waals surface area contributed by atoms with E-state index in [9.17, 15) is 0 Å². The summed E-state index contributed by atoms with van der Waals surface area (Å²) in [6, 6.07) is 22.8. The van der Waals surface area contributed by atoms with Gasteiger partial charge in [-0.3, -0.25) is 0 Å². The first-order chi connectivity index (χ1) is 12.2. The summed E-state index contributed by atoms with van der Waals surface area (Å²) in [5.74, 6) is 0. The second kappa shape index (κ2) is 7.50. The highest BCUT2D eigenvalue weighted by molar-refractivity contribution is 6.10. The van der Waals surface area contributed by atoms with E-state index in [2.05, 4.69) is 60.0 Å². The zero-order chi connectivity index (χ0) is 17.4. The highest BCUT2D eigenvalue weighted by Crippen LogP contribution is 2.33. The lowest BCUT2D eigenvalue weighted by Crippen LogP contribution is -3.00. The molecule has 132 valence electrons. The van der Waals surface area contributed by atoms with Crippen LogP contribution < -0.4 is 40.0 Å². The summed E-state index contributed by atoms with van der Waals surface area (Å²) in [5.41, 5.74) is 17.4. The molecule has 3 nitrogen and oxygen atoms in total. The topological polar surface area (TPSA) is 55.9 Å². The molecule has 0 atom stereocenters. The van der Waals surface area contributed by atoms with Crippen LogP contribution in [0, 0.1) is 0 Å². The van der Waals surface area contributed by atoms with Crippen LogP contribution in [0.4, 0.5) is 11.4 Å². The first-order valence-corrected chi connectivity index (χ1v) is 8.68. The largest absolute Gasteiger partial charge is 1.00 e. The van der Waals surface area contributed by atoms with Gasteiger partial charge in [0.2, 0.25) is 11.2 Å². The molecule has 0 saturated carbocycles. The average molecular weight is 455 g/mol. The maximum atomic E-state index is 6.13. The van der Waals surface area contributed by atoms with Gasteiger partial charge in [-0.15, -0.1) is 0 Å². The molecule has 0 unspecified atom stereocenters. The van der Waals surface area contributed by atoms with E-state index in [4.69, 9.17) is 11.5 Å². The van der Waals surface area contributed by atoms with Gasteiger partial charge >= 0.3 is 0 Å². The Kier molecular flexibility index (Phi) is 5.32. The molecule has 4 N–H and O–H groups in total. The van der Waals surface area contributed by atoms with Crippen molar-refractivity contribution in [2.75, 3.05) is 11.5 Å². The smallest absolute Gasteiger partial charge is 0.220 e. The lowest BCUT2D eigenvalue weighted by atomic mass is 9.98. The molecule has 26 heavy (non-hydrogen) atoms. The van der Waals surface area contributed by atoms with Crippen molar-refractivity contribution in [2.24, 2.45) is 0 Å². The number of nitrogens with zero attached hydrogens (tertiary/aromatic N) is 1. The van der Waals surface area contributed by atoms with Crippen molar-refractivity contribution in [1.29, 1.82) is 0 Å². The zero-order valence-electron chi connectivity index (χ0n) is 14.7. The van der Waals surface area contributed by atoms with Crippen LogP contribution in [0.25, 0.3) is 32.9 Å². The highest BCUT2D eigenvalue weighted by Gasteiger charge is 2.22. The normalized spacial score (nSPS) is 10.8. The molecular weight excluding hydrogens is 433 g/mol. The highest BCUT2D eigenvalue weighted by atomic mass is 127. The molecule has 0 amide bonds. The summed E-state index contributed by atoms with van der Waals surface area (Å²) in [7, 11) is 0. The van der Waals surface area contributed by atoms with Crippen molar-refractivity contribution < 1.29 is 28.5 Å². The van der Waals surface area contributed by atoms with Gasteiger partial charge in [0.25, 0.3) is 0 Å². The Bertz CT molecular complexity index is 1080. The molecule has 4 rings (SSSR count). The molecule has 1 aromatic heterocycles. The molecule has 0 fully saturated rings. The first kappa shape index (κ1) is 18.5. The number of rotatable bonds is 3. The van der Waals surface area contributed by atoms with Crippen LogP contribution in [-0.2, 0) is 6.54 Å². The van der Waals surface area contributed by atoms with Crippen LogP contribution in [0.5, 0.6) is 0 Å². The first-order valence-electron chi connectivity index (χ1n) is 8.68. The van der Waals surface area contributed by atoms with E-state index in [0.29, 0.717) is 0 Å². The van der Waals surface area contributed by atoms with Crippen molar-refractivity contribution in [2.45, 2.75) is 19.9 Å². The van der Waals surface area contributed by atoms with E-state index < -0.39 is 0 Å². The number of benzene rings is 3. The van der Waals surface area contributed by atoms with E-state index in [1.165, 1.54) is 27.4 Å². The number of aryl methyl sites for hydroxylation is 1. The van der Waals surface area contributed by atoms with Crippen LogP contribution in [0.3, 0.4) is 0 Å². The summed E-state index contributed by atoms with van der Waals surface area (Å²) >= 11 is 0. The quantitative estimate of drug-likeness (QED) is 0.213. The molecule has 0 bridgehead atoms. The van der Waals surface area contributed by atoms with Gasteiger partial charge in [-0.05, 0) is 36.4 Å². The van der Waals surface area contributed by atoms with Crippen molar-refractivity contribution in [3.05, 3.63) is 66.7 Å². The predicted octanol–water partition coefficient (Wildman–Crippen LogP) is 1.53. The number of anilines is 2. The van der Waals surface area contributed by atoms with Gasteiger partial charge in [0.1, 0.15) is 6.54 Å². The Morgan fingerprint density at radius 2 is 1.42 bits per heavy atom. The van der Waals surface area contributed by atoms with Crippen molar-refractivity contribution in [3.8, 4) is 11.3 Å². The van der Waals surface area contributed by atoms with Gasteiger partial charge in [-0.1, -0.05) is 31.2 Å². The second-order valence-electron chi connectivity index (χ2n) is 6.45. The molecule has 0 saturated heterocycles. The third kappa shape index (κ3) is 3.09. The van der Waals surface area contributed by atoms with Gasteiger partial charge in [-0.25, -0.2) is 0 Å². The number of aromatic nitrogens is 1. The van der Waals surface area contributed by atoms with E-state index in [1.807, 2.05) is 18.2 Å². The van der Waals surface area contributed by atoms with E-state index >= 15 is 0 Å². The summed E-state index contributed by atoms with van der Waals surface area (Å²) in [4.78, 5) is 0. The summed E-state index contributed by atoms with van der Waals surface area (Å²) < 4.78 is 2.38. The van der Waals surface area contributed by atoms with Gasteiger partial charge in [0, 0.05) is 34.8 Å². The fourth-order valence-corrected chi connectivity index (χ4v) is 3.62. The molecule has 4 aromatic rings. The van der Waals surface area contributed by atoms with Gasteiger partial charge in [0.15, 0.2) is 0 Å². The molecule has 0 aliphatic rings. The average Bonchev–Trinajstić information content (AvgIpc) is 2.62. The molecule has 4 heteroatoms. The lowest BCUT2D eigenvalue weighted by Gasteiger charge is -2.13. The third-order valence-electron chi connectivity index (χ3n) is 4.67. The fourth-order valence-electron chi connectivity index (χ4n) is 3.62. The van der Waals surface area contributed by atoms with Gasteiger partial charge in [-0.2, -0.15) is 4.57 Å². The monoisotopic (exact) mass is 455 g/mol. The molecular formula is C22H22IN3. The van der Waals surface area contributed by atoms with Crippen LogP contribution in [-0.4, -0.2) is 0 Å². The minimum atomic E-state index is 0. The number of halogens is 1. The van der Waals surface area contributed by atoms with Crippen molar-refractivity contribution in [1.82, 2.24) is 0 Å².